The Bertz CT molecular complexity index is 1630. The number of benzene rings is 3. The molecule has 202 valence electrons. The van der Waals surface area contributed by atoms with Crippen LogP contribution in [0.3, 0.4) is 0 Å². The molecule has 2 heterocycles. The molecule has 0 fully saturated rings. The smallest absolute Gasteiger partial charge is 0.255 e. The lowest BCUT2D eigenvalue weighted by atomic mass is 9.86. The maximum atomic E-state index is 13.0. The molecule has 11 heteroatoms. The highest BCUT2D eigenvalue weighted by Gasteiger charge is 2.18. The molecule has 11 nitrogen and oxygen atoms in total. The maximum Gasteiger partial charge on any atom is 0.255 e. The second-order valence-corrected chi connectivity index (χ2v) is 10.3. The van der Waals surface area contributed by atoms with Crippen LogP contribution >= 0.6 is 0 Å². The van der Waals surface area contributed by atoms with Gasteiger partial charge in [0.15, 0.2) is 5.82 Å². The molecule has 5 aromatic rings. The van der Waals surface area contributed by atoms with Crippen molar-refractivity contribution in [3.05, 3.63) is 94.8 Å². The molecule has 0 saturated carbocycles. The zero-order chi connectivity index (χ0) is 28.3. The summed E-state index contributed by atoms with van der Waals surface area (Å²) in [7, 11) is 0. The van der Waals surface area contributed by atoms with Gasteiger partial charge in [-0.1, -0.05) is 69.3 Å². The molecule has 0 radical (unpaired) electrons. The molecule has 0 aliphatic heterocycles. The SMILES string of the molecule is CC(C)(C)c1ccc(C(=O)Nc2cccc(-c3nc(N)nc(Cc4ccc(-c5nn[nH]n5)cc4)n3)c2CO)cc1. The van der Waals surface area contributed by atoms with Gasteiger partial charge in [-0.2, -0.15) is 15.2 Å². The molecule has 5 N–H and O–H groups in total. The van der Waals surface area contributed by atoms with Gasteiger partial charge in [0.2, 0.25) is 11.8 Å². The number of nitrogens with one attached hydrogen (secondary N) is 2. The number of anilines is 2. The lowest BCUT2D eigenvalue weighted by Gasteiger charge is -2.19. The summed E-state index contributed by atoms with van der Waals surface area (Å²) >= 11 is 0. The monoisotopic (exact) mass is 535 g/mol. The first-order valence-corrected chi connectivity index (χ1v) is 12.7. The molecule has 1 amide bonds. The summed E-state index contributed by atoms with van der Waals surface area (Å²) < 4.78 is 0. The molecule has 0 spiro atoms. The summed E-state index contributed by atoms with van der Waals surface area (Å²) in [6.07, 6.45) is 0.404. The van der Waals surface area contributed by atoms with Crippen molar-refractivity contribution in [3.8, 4) is 22.8 Å². The molecule has 5 rings (SSSR count). The Kier molecular flexibility index (Phi) is 7.30. The van der Waals surface area contributed by atoms with Gasteiger partial charge in [-0.15, -0.1) is 10.2 Å². The fourth-order valence-electron chi connectivity index (χ4n) is 4.28. The van der Waals surface area contributed by atoms with Crippen LogP contribution in [0.5, 0.6) is 0 Å². The van der Waals surface area contributed by atoms with Crippen LogP contribution in [0.1, 0.15) is 53.6 Å². The third-order valence-electron chi connectivity index (χ3n) is 6.46. The molecular formula is C29H29N9O2. The predicted molar refractivity (Wildman–Crippen MR) is 151 cm³/mol. The zero-order valence-corrected chi connectivity index (χ0v) is 22.4. The van der Waals surface area contributed by atoms with Gasteiger partial charge in [0, 0.05) is 34.4 Å². The van der Waals surface area contributed by atoms with Gasteiger partial charge in [-0.25, -0.2) is 4.98 Å². The van der Waals surface area contributed by atoms with Crippen molar-refractivity contribution in [3.63, 3.8) is 0 Å². The Hall–Kier alpha value is -5.03. The fraction of sp³-hybridized carbons (Fsp3) is 0.207. The number of H-pyrrole nitrogens is 1. The van der Waals surface area contributed by atoms with Crippen LogP contribution in [0.15, 0.2) is 66.7 Å². The molecule has 0 aliphatic rings. The van der Waals surface area contributed by atoms with Gasteiger partial charge in [-0.3, -0.25) is 4.79 Å². The van der Waals surface area contributed by atoms with Gasteiger partial charge >= 0.3 is 0 Å². The zero-order valence-electron chi connectivity index (χ0n) is 22.4. The van der Waals surface area contributed by atoms with Crippen molar-refractivity contribution in [1.82, 2.24) is 35.6 Å². The molecule has 0 atom stereocenters. The maximum absolute atomic E-state index is 13.0. The number of nitrogens with two attached hydrogens (primary N) is 1. The van der Waals surface area contributed by atoms with Gasteiger partial charge < -0.3 is 16.2 Å². The molecule has 3 aromatic carbocycles. The number of amides is 1. The number of hydrogen-bond acceptors (Lipinski definition) is 9. The van der Waals surface area contributed by atoms with Crippen LogP contribution < -0.4 is 11.1 Å². The summed E-state index contributed by atoms with van der Waals surface area (Å²) in [5.74, 6) is 1.05. The van der Waals surface area contributed by atoms with Gasteiger partial charge in [0.25, 0.3) is 5.91 Å². The number of tetrazole rings is 1. The first kappa shape index (κ1) is 26.6. The molecule has 0 aliphatic carbocycles. The number of aliphatic hydroxyl groups is 1. The highest BCUT2D eigenvalue weighted by atomic mass is 16.3. The Balaban J connectivity index is 1.39. The van der Waals surface area contributed by atoms with Crippen LogP contribution in [0.4, 0.5) is 11.6 Å². The second-order valence-electron chi connectivity index (χ2n) is 10.3. The van der Waals surface area contributed by atoms with E-state index in [1.165, 1.54) is 0 Å². The Morgan fingerprint density at radius 2 is 1.70 bits per heavy atom. The molecule has 0 saturated heterocycles. The van der Waals surface area contributed by atoms with Gasteiger partial charge in [-0.05, 0) is 40.0 Å². The van der Waals surface area contributed by atoms with Crippen LogP contribution in [0.25, 0.3) is 22.8 Å². The first-order valence-electron chi connectivity index (χ1n) is 12.7. The number of aliphatic hydroxyl groups excluding tert-OH is 1. The minimum atomic E-state index is -0.340. The van der Waals surface area contributed by atoms with E-state index in [1.54, 1.807) is 30.3 Å². The normalized spacial score (nSPS) is 11.4. The van der Waals surface area contributed by atoms with Crippen molar-refractivity contribution in [2.75, 3.05) is 11.1 Å². The Morgan fingerprint density at radius 3 is 2.35 bits per heavy atom. The summed E-state index contributed by atoms with van der Waals surface area (Å²) in [6.45, 7) is 6.02. The number of aromatic nitrogens is 7. The van der Waals surface area contributed by atoms with Gasteiger partial charge in [0.1, 0.15) is 5.82 Å². The van der Waals surface area contributed by atoms with E-state index in [0.717, 1.165) is 16.7 Å². The Morgan fingerprint density at radius 1 is 0.950 bits per heavy atom. The molecule has 0 bridgehead atoms. The van der Waals surface area contributed by atoms with Gasteiger partial charge in [0.05, 0.1) is 6.61 Å². The number of hydrogen-bond donors (Lipinski definition) is 4. The van der Waals surface area contributed by atoms with E-state index < -0.39 is 0 Å². The highest BCUT2D eigenvalue weighted by Crippen LogP contribution is 2.29. The number of carbonyl (C=O) groups excluding carboxylic acids is 1. The number of nitrogen functional groups attached to an aromatic ring is 1. The average Bonchev–Trinajstić information content (AvgIpc) is 3.48. The van der Waals surface area contributed by atoms with Crippen LogP contribution in [0.2, 0.25) is 0 Å². The van der Waals surface area contributed by atoms with E-state index >= 15 is 0 Å². The first-order chi connectivity index (χ1) is 19.2. The number of aromatic amines is 1. The van der Waals surface area contributed by atoms with E-state index in [2.05, 4.69) is 61.7 Å². The minimum Gasteiger partial charge on any atom is -0.392 e. The molecule has 0 unspecified atom stereocenters. The molecule has 2 aromatic heterocycles. The van der Waals surface area contributed by atoms with Crippen LogP contribution in [0, 0.1) is 0 Å². The van der Waals surface area contributed by atoms with Crippen LogP contribution in [-0.4, -0.2) is 46.6 Å². The summed E-state index contributed by atoms with van der Waals surface area (Å²) in [5.41, 5.74) is 10.9. The van der Waals surface area contributed by atoms with E-state index in [4.69, 9.17) is 5.73 Å². The molecular weight excluding hydrogens is 506 g/mol. The van der Waals surface area contributed by atoms with E-state index in [9.17, 15) is 9.90 Å². The highest BCUT2D eigenvalue weighted by molar-refractivity contribution is 6.05. The predicted octanol–water partition coefficient (Wildman–Crippen LogP) is 3.93. The number of rotatable bonds is 7. The lowest BCUT2D eigenvalue weighted by molar-refractivity contribution is 0.102. The lowest BCUT2D eigenvalue weighted by Crippen LogP contribution is -2.15. The second kappa shape index (κ2) is 11.0. The third-order valence-corrected chi connectivity index (χ3v) is 6.46. The summed E-state index contributed by atoms with van der Waals surface area (Å²) in [5, 5.41) is 27.2. The quantitative estimate of drug-likeness (QED) is 0.241. The van der Waals surface area contributed by atoms with Crippen molar-refractivity contribution in [1.29, 1.82) is 0 Å². The van der Waals surface area contributed by atoms with Crippen molar-refractivity contribution in [2.24, 2.45) is 0 Å². The van der Waals surface area contributed by atoms with E-state index in [0.29, 0.717) is 46.3 Å². The summed E-state index contributed by atoms with van der Waals surface area (Å²) in [4.78, 5) is 26.3. The van der Waals surface area contributed by atoms with E-state index in [-0.39, 0.29) is 23.9 Å². The Labute approximate surface area is 230 Å². The fourth-order valence-corrected chi connectivity index (χ4v) is 4.28. The topological polar surface area (TPSA) is 168 Å². The minimum absolute atomic E-state index is 0.0165. The van der Waals surface area contributed by atoms with Crippen molar-refractivity contribution < 1.29 is 9.90 Å². The van der Waals surface area contributed by atoms with E-state index in [1.807, 2.05) is 36.4 Å². The summed E-state index contributed by atoms with van der Waals surface area (Å²) in [6, 6.07) is 20.4. The largest absolute Gasteiger partial charge is 0.392 e. The van der Waals surface area contributed by atoms with Crippen molar-refractivity contribution >= 4 is 17.5 Å². The number of nitrogens with zero attached hydrogens (tertiary/aromatic N) is 6. The third kappa shape index (κ3) is 5.84. The number of carbonyl (C=O) groups is 1. The standard InChI is InChI=1S/C29H29N9O2/c1-29(2,3)20-13-11-19(12-14-20)27(40)31-23-6-4-5-21(22(23)16-39)26-32-24(33-28(30)34-26)15-17-7-9-18(10-8-17)25-35-37-38-36-25/h4-14,39H,15-16H2,1-3H3,(H,31,40)(H2,30,32,33,34)(H,35,36,37,38). The average molecular weight is 536 g/mol. The van der Waals surface area contributed by atoms with Crippen LogP contribution in [-0.2, 0) is 18.4 Å². The molecule has 40 heavy (non-hydrogen) atoms. The van der Waals surface area contributed by atoms with Crippen molar-refractivity contribution in [2.45, 2.75) is 39.2 Å².